The van der Waals surface area contributed by atoms with Gasteiger partial charge in [0, 0.05) is 24.1 Å². The van der Waals surface area contributed by atoms with Gasteiger partial charge in [0.15, 0.2) is 6.61 Å². The maximum atomic E-state index is 12.6. The molecule has 0 bridgehead atoms. The summed E-state index contributed by atoms with van der Waals surface area (Å²) in [6, 6.07) is 7.48. The van der Waals surface area contributed by atoms with Crippen molar-refractivity contribution in [3.05, 3.63) is 57.9 Å². The Balaban J connectivity index is 2.11. The van der Waals surface area contributed by atoms with Crippen LogP contribution in [0.15, 0.2) is 24.3 Å². The molecule has 0 saturated carbocycles. The predicted octanol–water partition coefficient (Wildman–Crippen LogP) is 3.97. The maximum Gasteiger partial charge on any atom is 0.338 e. The molecule has 0 spiro atoms. The van der Waals surface area contributed by atoms with Gasteiger partial charge >= 0.3 is 5.97 Å². The first-order chi connectivity index (χ1) is 12.3. The van der Waals surface area contributed by atoms with Crippen LogP contribution < -0.4 is 0 Å². The SMILES string of the molecule is COCC(C)n1c(C)cc(C(=O)COC(=O)c2ccc(C)cc2C)c1C. The number of nitrogens with zero attached hydrogens (tertiary/aromatic N) is 1. The lowest BCUT2D eigenvalue weighted by molar-refractivity contribution is 0.0473. The van der Waals surface area contributed by atoms with Crippen LogP contribution in [0.5, 0.6) is 0 Å². The first-order valence-electron chi connectivity index (χ1n) is 8.71. The zero-order valence-corrected chi connectivity index (χ0v) is 16.4. The standard InChI is InChI=1S/C21H27NO4/c1-13-7-8-18(14(2)9-13)21(24)26-12-20(23)19-10-15(3)22(17(19)5)16(4)11-25-6/h7-10,16H,11-12H2,1-6H3. The topological polar surface area (TPSA) is 57.5 Å². The molecule has 0 fully saturated rings. The lowest BCUT2D eigenvalue weighted by Gasteiger charge is -2.17. The monoisotopic (exact) mass is 357 g/mol. The zero-order valence-electron chi connectivity index (χ0n) is 16.4. The van der Waals surface area contributed by atoms with Gasteiger partial charge in [-0.2, -0.15) is 0 Å². The molecule has 0 radical (unpaired) electrons. The molecule has 1 heterocycles. The Kier molecular flexibility index (Phi) is 6.37. The van der Waals surface area contributed by atoms with Crippen LogP contribution >= 0.6 is 0 Å². The third-order valence-corrected chi connectivity index (χ3v) is 4.57. The average Bonchev–Trinajstić information content (AvgIpc) is 2.87. The molecule has 1 atom stereocenters. The second-order valence-corrected chi connectivity index (χ2v) is 6.78. The van der Waals surface area contributed by atoms with Crippen molar-refractivity contribution in [1.82, 2.24) is 4.57 Å². The minimum absolute atomic E-state index is 0.124. The number of Topliss-reactive ketones (excluding diaryl/α,β-unsaturated/α-hetero) is 1. The molecular weight excluding hydrogens is 330 g/mol. The van der Waals surface area contributed by atoms with Crippen LogP contribution in [0.1, 0.15) is 56.2 Å². The third kappa shape index (κ3) is 4.22. The molecule has 0 aliphatic heterocycles. The van der Waals surface area contributed by atoms with Gasteiger partial charge in [0.1, 0.15) is 0 Å². The van der Waals surface area contributed by atoms with Gasteiger partial charge in [-0.15, -0.1) is 0 Å². The number of hydrogen-bond donors (Lipinski definition) is 0. The molecule has 0 aliphatic rings. The van der Waals surface area contributed by atoms with Crippen molar-refractivity contribution in [2.24, 2.45) is 0 Å². The lowest BCUT2D eigenvalue weighted by Crippen LogP contribution is -2.17. The van der Waals surface area contributed by atoms with Crippen molar-refractivity contribution in [3.8, 4) is 0 Å². The summed E-state index contributed by atoms with van der Waals surface area (Å²) >= 11 is 0. The van der Waals surface area contributed by atoms with E-state index in [4.69, 9.17) is 9.47 Å². The number of esters is 1. The molecule has 2 aromatic rings. The normalized spacial score (nSPS) is 12.1. The zero-order chi connectivity index (χ0) is 19.4. The molecule has 5 heteroatoms. The summed E-state index contributed by atoms with van der Waals surface area (Å²) in [6.07, 6.45) is 0. The largest absolute Gasteiger partial charge is 0.454 e. The number of ether oxygens (including phenoxy) is 2. The van der Waals surface area contributed by atoms with Gasteiger partial charge < -0.3 is 14.0 Å². The minimum Gasteiger partial charge on any atom is -0.454 e. The van der Waals surface area contributed by atoms with Crippen LogP contribution in [-0.4, -0.2) is 36.6 Å². The van der Waals surface area contributed by atoms with Crippen LogP contribution in [0.3, 0.4) is 0 Å². The number of aromatic nitrogens is 1. The Morgan fingerprint density at radius 3 is 2.38 bits per heavy atom. The van der Waals surface area contributed by atoms with Gasteiger partial charge in [0.25, 0.3) is 0 Å². The Morgan fingerprint density at radius 2 is 1.77 bits per heavy atom. The van der Waals surface area contributed by atoms with E-state index in [2.05, 4.69) is 4.57 Å². The minimum atomic E-state index is -0.475. The second-order valence-electron chi connectivity index (χ2n) is 6.78. The molecule has 0 saturated heterocycles. The van der Waals surface area contributed by atoms with Crippen molar-refractivity contribution >= 4 is 11.8 Å². The quantitative estimate of drug-likeness (QED) is 0.556. The van der Waals surface area contributed by atoms with Gasteiger partial charge in [-0.3, -0.25) is 4.79 Å². The van der Waals surface area contributed by atoms with Crippen LogP contribution in [0.4, 0.5) is 0 Å². The van der Waals surface area contributed by atoms with E-state index in [-0.39, 0.29) is 18.4 Å². The van der Waals surface area contributed by atoms with Crippen molar-refractivity contribution in [3.63, 3.8) is 0 Å². The molecule has 0 aliphatic carbocycles. The number of benzene rings is 1. The average molecular weight is 357 g/mol. The molecule has 26 heavy (non-hydrogen) atoms. The molecule has 1 aromatic heterocycles. The number of rotatable bonds is 7. The Bertz CT molecular complexity index is 820. The lowest BCUT2D eigenvalue weighted by atomic mass is 10.1. The van der Waals surface area contributed by atoms with Gasteiger partial charge in [-0.05, 0) is 52.3 Å². The summed E-state index contributed by atoms with van der Waals surface area (Å²) in [6.45, 7) is 10.0. The van der Waals surface area contributed by atoms with Crippen molar-refractivity contribution in [1.29, 1.82) is 0 Å². The molecule has 2 rings (SSSR count). The second kappa shape index (κ2) is 8.32. The number of methoxy groups -OCH3 is 1. The van der Waals surface area contributed by atoms with Gasteiger partial charge in [0.05, 0.1) is 18.2 Å². The van der Waals surface area contributed by atoms with E-state index in [0.717, 1.165) is 22.5 Å². The van der Waals surface area contributed by atoms with E-state index in [0.29, 0.717) is 17.7 Å². The molecule has 5 nitrogen and oxygen atoms in total. The van der Waals surface area contributed by atoms with Crippen molar-refractivity contribution in [2.75, 3.05) is 20.3 Å². The molecule has 1 unspecified atom stereocenters. The first-order valence-corrected chi connectivity index (χ1v) is 8.71. The number of ketones is 1. The molecule has 0 N–H and O–H groups in total. The van der Waals surface area contributed by atoms with Crippen LogP contribution in [0.2, 0.25) is 0 Å². The summed E-state index contributed by atoms with van der Waals surface area (Å²) in [7, 11) is 1.66. The number of carbonyl (C=O) groups excluding carboxylic acids is 2. The van der Waals surface area contributed by atoms with Gasteiger partial charge in [-0.1, -0.05) is 17.7 Å². The van der Waals surface area contributed by atoms with Crippen LogP contribution in [-0.2, 0) is 9.47 Å². The smallest absolute Gasteiger partial charge is 0.338 e. The first kappa shape index (κ1) is 19.9. The fourth-order valence-electron chi connectivity index (χ4n) is 3.38. The van der Waals surface area contributed by atoms with Crippen molar-refractivity contribution in [2.45, 2.75) is 40.7 Å². The maximum absolute atomic E-state index is 12.6. The van der Waals surface area contributed by atoms with Crippen LogP contribution in [0, 0.1) is 27.7 Å². The summed E-state index contributed by atoms with van der Waals surface area (Å²) in [5, 5.41) is 0. The fraction of sp³-hybridized carbons (Fsp3) is 0.429. The molecule has 140 valence electrons. The fourth-order valence-corrected chi connectivity index (χ4v) is 3.38. The summed E-state index contributed by atoms with van der Waals surface area (Å²) in [5.41, 5.74) is 4.83. The van der Waals surface area contributed by atoms with Gasteiger partial charge in [-0.25, -0.2) is 4.79 Å². The molecular formula is C21H27NO4. The Labute approximate surface area is 154 Å². The van der Waals surface area contributed by atoms with Crippen LogP contribution in [0.25, 0.3) is 0 Å². The van der Waals surface area contributed by atoms with Crippen molar-refractivity contribution < 1.29 is 19.1 Å². The molecule has 0 amide bonds. The number of hydrogen-bond acceptors (Lipinski definition) is 4. The van der Waals surface area contributed by atoms with E-state index in [1.807, 2.05) is 52.8 Å². The van der Waals surface area contributed by atoms with E-state index < -0.39 is 5.97 Å². The third-order valence-electron chi connectivity index (χ3n) is 4.57. The van der Waals surface area contributed by atoms with E-state index in [1.54, 1.807) is 13.2 Å². The highest BCUT2D eigenvalue weighted by atomic mass is 16.5. The number of carbonyl (C=O) groups is 2. The Morgan fingerprint density at radius 1 is 1.08 bits per heavy atom. The Hall–Kier alpha value is -2.40. The van der Waals surface area contributed by atoms with Gasteiger partial charge in [0.2, 0.25) is 5.78 Å². The summed E-state index contributed by atoms with van der Waals surface area (Å²) in [5.74, 6) is -0.676. The number of aryl methyl sites for hydroxylation is 3. The predicted molar refractivity (Wildman–Crippen MR) is 101 cm³/mol. The highest BCUT2D eigenvalue weighted by Gasteiger charge is 2.20. The van der Waals surface area contributed by atoms with E-state index in [9.17, 15) is 9.59 Å². The van der Waals surface area contributed by atoms with E-state index >= 15 is 0 Å². The molecule has 1 aromatic carbocycles. The summed E-state index contributed by atoms with van der Waals surface area (Å²) < 4.78 is 12.5. The summed E-state index contributed by atoms with van der Waals surface area (Å²) in [4.78, 5) is 24.8. The highest BCUT2D eigenvalue weighted by Crippen LogP contribution is 2.21. The van der Waals surface area contributed by atoms with E-state index in [1.165, 1.54) is 0 Å². The highest BCUT2D eigenvalue weighted by molar-refractivity contribution is 6.00.